The zero-order chi connectivity index (χ0) is 24.1. The molecule has 2 aliphatic carbocycles. The van der Waals surface area contributed by atoms with Crippen LogP contribution in [0.2, 0.25) is 0 Å². The van der Waals surface area contributed by atoms with Crippen LogP contribution in [0.15, 0.2) is 31.0 Å². The van der Waals surface area contributed by atoms with Gasteiger partial charge in [-0.15, -0.1) is 0 Å². The maximum Gasteiger partial charge on any atom is 0.225 e. The Morgan fingerprint density at radius 2 is 2.03 bits per heavy atom. The number of aromatic nitrogens is 3. The monoisotopic (exact) mass is 472 g/mol. The van der Waals surface area contributed by atoms with Gasteiger partial charge >= 0.3 is 0 Å². The second-order valence-electron chi connectivity index (χ2n) is 10.1. The summed E-state index contributed by atoms with van der Waals surface area (Å²) in [6.45, 7) is 5.88. The fourth-order valence-electron chi connectivity index (χ4n) is 5.49. The van der Waals surface area contributed by atoms with Crippen molar-refractivity contribution in [2.45, 2.75) is 44.1 Å². The van der Waals surface area contributed by atoms with E-state index < -0.39 is 0 Å². The molecule has 4 N–H and O–H groups in total. The van der Waals surface area contributed by atoms with Crippen LogP contribution in [0.5, 0.6) is 0 Å². The Balaban J connectivity index is 1.38. The summed E-state index contributed by atoms with van der Waals surface area (Å²) in [5, 5.41) is 10.3. The molecular weight excluding hydrogens is 440 g/mol. The topological polar surface area (TPSA) is 111 Å². The smallest absolute Gasteiger partial charge is 0.225 e. The fraction of sp³-hybridized carbons (Fsp3) is 0.444. The van der Waals surface area contributed by atoms with Crippen LogP contribution < -0.4 is 10.6 Å². The lowest BCUT2D eigenvalue weighted by Gasteiger charge is -2.42. The number of nitrogens with zero attached hydrogens (tertiary/aromatic N) is 4. The van der Waals surface area contributed by atoms with Gasteiger partial charge in [0.05, 0.1) is 29.7 Å². The number of nitrogen functional groups attached to an aromatic ring is 1. The second kappa shape index (κ2) is 8.68. The van der Waals surface area contributed by atoms with Gasteiger partial charge in [0.1, 0.15) is 5.65 Å². The Labute approximate surface area is 204 Å². The van der Waals surface area contributed by atoms with Gasteiger partial charge in [-0.25, -0.2) is 9.97 Å². The second-order valence-corrected chi connectivity index (χ2v) is 10.1. The maximum atomic E-state index is 12.6. The van der Waals surface area contributed by atoms with E-state index in [1.165, 1.54) is 0 Å². The van der Waals surface area contributed by atoms with E-state index in [0.717, 1.165) is 71.6 Å². The molecule has 1 atom stereocenters. The number of nitrogens with two attached hydrogens (primary N) is 1. The Morgan fingerprint density at radius 1 is 1.20 bits per heavy atom. The normalized spacial score (nSPS) is 20.4. The number of nitrogens with one attached hydrogen (secondary N) is 1. The van der Waals surface area contributed by atoms with E-state index in [1.54, 1.807) is 6.08 Å². The number of anilines is 2. The van der Waals surface area contributed by atoms with Crippen LogP contribution in [-0.2, 0) is 4.79 Å². The lowest BCUT2D eigenvalue weighted by Crippen LogP contribution is -2.56. The van der Waals surface area contributed by atoms with Crippen molar-refractivity contribution in [1.82, 2.24) is 19.9 Å². The SMILES string of the molecule is C=Cc1cc(-c2cc(N)c(N3CCN(C(=O)CCO)[C@H](C4CC4)C3)nc2C2CC2)c2cc[nH]c2n1. The minimum Gasteiger partial charge on any atom is -0.396 e. The number of carbonyl (C=O) groups excluding carboxylic acids is 1. The summed E-state index contributed by atoms with van der Waals surface area (Å²) < 4.78 is 0. The molecule has 3 aromatic heterocycles. The van der Waals surface area contributed by atoms with Gasteiger partial charge in [-0.05, 0) is 61.4 Å². The molecule has 1 saturated heterocycles. The third kappa shape index (κ3) is 4.05. The van der Waals surface area contributed by atoms with Crippen molar-refractivity contribution in [3.63, 3.8) is 0 Å². The molecule has 2 saturated carbocycles. The van der Waals surface area contributed by atoms with Gasteiger partial charge in [0, 0.05) is 49.1 Å². The molecule has 0 radical (unpaired) electrons. The molecule has 8 nitrogen and oxygen atoms in total. The van der Waals surface area contributed by atoms with Crippen molar-refractivity contribution < 1.29 is 9.90 Å². The van der Waals surface area contributed by atoms with Crippen molar-refractivity contribution in [1.29, 1.82) is 0 Å². The van der Waals surface area contributed by atoms with E-state index >= 15 is 0 Å². The van der Waals surface area contributed by atoms with Crippen LogP contribution in [0.25, 0.3) is 28.2 Å². The summed E-state index contributed by atoms with van der Waals surface area (Å²) in [5.41, 5.74) is 12.2. The summed E-state index contributed by atoms with van der Waals surface area (Å²) in [6.07, 6.45) is 8.43. The summed E-state index contributed by atoms with van der Waals surface area (Å²) >= 11 is 0. The summed E-state index contributed by atoms with van der Waals surface area (Å²) in [5.74, 6) is 1.84. The van der Waals surface area contributed by atoms with Crippen LogP contribution in [-0.4, -0.2) is 63.1 Å². The number of piperazine rings is 1. The number of aliphatic hydroxyl groups excluding tert-OH is 1. The predicted octanol–water partition coefficient (Wildman–Crippen LogP) is 3.54. The van der Waals surface area contributed by atoms with Crippen molar-refractivity contribution in [3.05, 3.63) is 42.4 Å². The van der Waals surface area contributed by atoms with E-state index in [-0.39, 0.29) is 25.0 Å². The number of carbonyl (C=O) groups is 1. The zero-order valence-corrected chi connectivity index (χ0v) is 19.9. The third-order valence-corrected chi connectivity index (χ3v) is 7.60. The predicted molar refractivity (Wildman–Crippen MR) is 138 cm³/mol. The molecule has 8 heteroatoms. The van der Waals surface area contributed by atoms with Gasteiger partial charge < -0.3 is 25.6 Å². The maximum absolute atomic E-state index is 12.6. The largest absolute Gasteiger partial charge is 0.396 e. The highest BCUT2D eigenvalue weighted by Gasteiger charge is 2.41. The number of H-pyrrole nitrogens is 1. The quantitative estimate of drug-likeness (QED) is 0.485. The Morgan fingerprint density at radius 3 is 2.74 bits per heavy atom. The van der Waals surface area contributed by atoms with Gasteiger partial charge in [0.25, 0.3) is 0 Å². The first-order valence-electron chi connectivity index (χ1n) is 12.6. The third-order valence-electron chi connectivity index (χ3n) is 7.60. The molecule has 1 amide bonds. The Hall–Kier alpha value is -3.39. The van der Waals surface area contributed by atoms with Crippen LogP contribution in [0, 0.1) is 5.92 Å². The van der Waals surface area contributed by atoms with E-state index in [0.29, 0.717) is 30.6 Å². The lowest BCUT2D eigenvalue weighted by atomic mass is 9.97. The summed E-state index contributed by atoms with van der Waals surface area (Å²) in [7, 11) is 0. The van der Waals surface area contributed by atoms with Crippen LogP contribution >= 0.6 is 0 Å². The van der Waals surface area contributed by atoms with Gasteiger partial charge in [-0.1, -0.05) is 6.58 Å². The highest BCUT2D eigenvalue weighted by Crippen LogP contribution is 2.47. The molecule has 0 aromatic carbocycles. The van der Waals surface area contributed by atoms with E-state index in [9.17, 15) is 9.90 Å². The number of hydrogen-bond acceptors (Lipinski definition) is 6. The molecule has 3 fully saturated rings. The molecule has 6 rings (SSSR count). The van der Waals surface area contributed by atoms with E-state index in [1.807, 2.05) is 17.2 Å². The van der Waals surface area contributed by atoms with Gasteiger partial charge in [0.2, 0.25) is 5.91 Å². The summed E-state index contributed by atoms with van der Waals surface area (Å²) in [6, 6.07) is 6.36. The fourth-order valence-corrected chi connectivity index (χ4v) is 5.49. The average molecular weight is 473 g/mol. The van der Waals surface area contributed by atoms with Crippen molar-refractivity contribution in [3.8, 4) is 11.1 Å². The van der Waals surface area contributed by atoms with Crippen molar-refractivity contribution in [2.75, 3.05) is 36.9 Å². The molecule has 35 heavy (non-hydrogen) atoms. The minimum atomic E-state index is -0.103. The number of hydrogen-bond donors (Lipinski definition) is 3. The molecular formula is C27H32N6O2. The summed E-state index contributed by atoms with van der Waals surface area (Å²) in [4.78, 5) is 29.9. The lowest BCUT2D eigenvalue weighted by molar-refractivity contribution is -0.135. The van der Waals surface area contributed by atoms with Crippen LogP contribution in [0.4, 0.5) is 11.5 Å². The van der Waals surface area contributed by atoms with E-state index in [4.69, 9.17) is 10.7 Å². The molecule has 0 unspecified atom stereocenters. The van der Waals surface area contributed by atoms with Crippen LogP contribution in [0.3, 0.4) is 0 Å². The van der Waals surface area contributed by atoms with Gasteiger partial charge in [-0.3, -0.25) is 4.79 Å². The number of rotatable bonds is 7. The molecule has 0 bridgehead atoms. The van der Waals surface area contributed by atoms with Gasteiger partial charge in [0.15, 0.2) is 5.82 Å². The Bertz CT molecular complexity index is 1290. The zero-order valence-electron chi connectivity index (χ0n) is 19.9. The number of fused-ring (bicyclic) bond motifs is 1. The first-order valence-corrected chi connectivity index (χ1v) is 12.6. The first-order chi connectivity index (χ1) is 17.1. The number of aromatic amines is 1. The molecule has 1 aliphatic heterocycles. The van der Waals surface area contributed by atoms with Crippen molar-refractivity contribution in [2.24, 2.45) is 5.92 Å². The van der Waals surface area contributed by atoms with E-state index in [2.05, 4.69) is 33.6 Å². The Kier molecular flexibility index (Phi) is 5.48. The first kappa shape index (κ1) is 22.1. The van der Waals surface area contributed by atoms with Gasteiger partial charge in [-0.2, -0.15) is 0 Å². The van der Waals surface area contributed by atoms with Crippen LogP contribution in [0.1, 0.15) is 49.4 Å². The molecule has 3 aliphatic rings. The minimum absolute atomic E-state index is 0.0465. The molecule has 3 aromatic rings. The molecule has 182 valence electrons. The highest BCUT2D eigenvalue weighted by molar-refractivity contribution is 5.96. The molecule has 0 spiro atoms. The number of pyridine rings is 2. The number of amides is 1. The number of aliphatic hydroxyl groups is 1. The molecule has 4 heterocycles. The standard InChI is InChI=1S/C27H32N6O2/c1-2-18-13-20(19-7-9-29-26(19)30-18)21-14-22(28)27(31-25(21)17-5-6-17)32-10-11-33(24(35)8-12-34)23(15-32)16-3-4-16/h2,7,9,13-14,16-17,23,34H,1,3-6,8,10-12,15,28H2,(H,29,30)/t23-/m0/s1. The average Bonchev–Trinajstić information content (AvgIpc) is 3.80. The highest BCUT2D eigenvalue weighted by atomic mass is 16.3. The van der Waals surface area contributed by atoms with Crippen molar-refractivity contribution >= 4 is 34.5 Å².